The second kappa shape index (κ2) is 9.13. The zero-order chi connectivity index (χ0) is 24.0. The molecule has 0 unspecified atom stereocenters. The molecule has 5 heterocycles. The number of amides is 1. The highest BCUT2D eigenvalue weighted by molar-refractivity contribution is 7.21. The first kappa shape index (κ1) is 23.0. The number of rotatable bonds is 6. The first-order chi connectivity index (χ1) is 16.4. The number of carbonyl (C=O) groups excluding carboxylic acids is 1. The largest absolute Gasteiger partial charge is 0.395 e. The van der Waals surface area contributed by atoms with Gasteiger partial charge in [-0.25, -0.2) is 9.50 Å². The van der Waals surface area contributed by atoms with Crippen molar-refractivity contribution < 1.29 is 9.90 Å². The summed E-state index contributed by atoms with van der Waals surface area (Å²) in [5.74, 6) is 0.386. The predicted molar refractivity (Wildman–Crippen MR) is 136 cm³/mol. The van der Waals surface area contributed by atoms with E-state index in [2.05, 4.69) is 46.8 Å². The fourth-order valence-electron chi connectivity index (χ4n) is 5.13. The number of nitrogens with zero attached hydrogens (tertiary/aromatic N) is 5. The molecule has 4 aromatic heterocycles. The van der Waals surface area contributed by atoms with Gasteiger partial charge in [-0.1, -0.05) is 13.8 Å². The number of H-pyrrole nitrogens is 1. The molecule has 1 saturated heterocycles. The van der Waals surface area contributed by atoms with E-state index in [1.54, 1.807) is 17.7 Å². The lowest BCUT2D eigenvalue weighted by molar-refractivity contribution is 0.0630. The summed E-state index contributed by atoms with van der Waals surface area (Å²) in [4.78, 5) is 26.3. The van der Waals surface area contributed by atoms with Gasteiger partial charge in [-0.3, -0.25) is 4.79 Å². The third kappa shape index (κ3) is 4.01. The number of aromatic amines is 1. The molecule has 1 amide bonds. The Kier molecular flexibility index (Phi) is 6.18. The zero-order valence-corrected chi connectivity index (χ0v) is 21.0. The highest BCUT2D eigenvalue weighted by atomic mass is 32.1. The summed E-state index contributed by atoms with van der Waals surface area (Å²) in [7, 11) is 1.92. The molecule has 4 aromatic rings. The van der Waals surface area contributed by atoms with E-state index in [4.69, 9.17) is 5.11 Å². The van der Waals surface area contributed by atoms with Crippen molar-refractivity contribution >= 4 is 33.1 Å². The van der Waals surface area contributed by atoms with Crippen LogP contribution in [-0.4, -0.2) is 79.7 Å². The number of thiophene rings is 1. The number of aromatic nitrogens is 4. The Hall–Kier alpha value is -2.75. The molecule has 0 aromatic carbocycles. The van der Waals surface area contributed by atoms with Crippen LogP contribution in [-0.2, 0) is 0 Å². The average molecular weight is 481 g/mol. The number of aliphatic hydroxyl groups is 1. The Labute approximate surface area is 203 Å². The van der Waals surface area contributed by atoms with Crippen molar-refractivity contribution in [1.29, 1.82) is 0 Å². The number of likely N-dealkylation sites (tertiary alicyclic amines) is 1. The molecule has 5 rings (SSSR count). The molecule has 0 aliphatic carbocycles. The lowest BCUT2D eigenvalue weighted by Crippen LogP contribution is -2.46. The Bertz CT molecular complexity index is 1330. The van der Waals surface area contributed by atoms with E-state index < -0.39 is 0 Å². The number of hydrogen-bond acceptors (Lipinski definition) is 6. The van der Waals surface area contributed by atoms with Crippen LogP contribution in [0.5, 0.6) is 0 Å². The van der Waals surface area contributed by atoms with Crippen molar-refractivity contribution in [2.75, 3.05) is 33.3 Å². The quantitative estimate of drug-likeness (QED) is 0.437. The van der Waals surface area contributed by atoms with Gasteiger partial charge in [-0.05, 0) is 48.9 Å². The van der Waals surface area contributed by atoms with Gasteiger partial charge in [0, 0.05) is 44.5 Å². The maximum atomic E-state index is 13.4. The van der Waals surface area contributed by atoms with Crippen molar-refractivity contribution in [2.24, 2.45) is 0 Å². The second-order valence-corrected chi connectivity index (χ2v) is 10.6. The fourth-order valence-corrected chi connectivity index (χ4v) is 6.42. The third-order valence-corrected chi connectivity index (χ3v) is 8.14. The minimum atomic E-state index is 0.0892. The topological polar surface area (TPSA) is 89.8 Å². The number of β-amino-alcohol motifs (C(OH)–C–C–N with tert-alkyl or cyclic N) is 1. The molecular formula is C25H32N6O2S. The molecule has 0 saturated carbocycles. The van der Waals surface area contributed by atoms with Crippen molar-refractivity contribution in [3.8, 4) is 11.3 Å². The van der Waals surface area contributed by atoms with E-state index in [1.807, 2.05) is 28.7 Å². The van der Waals surface area contributed by atoms with E-state index in [0.717, 1.165) is 63.5 Å². The van der Waals surface area contributed by atoms with Gasteiger partial charge >= 0.3 is 0 Å². The van der Waals surface area contributed by atoms with Crippen LogP contribution in [0.1, 0.15) is 53.4 Å². The van der Waals surface area contributed by atoms with Crippen LogP contribution in [0.2, 0.25) is 0 Å². The minimum absolute atomic E-state index is 0.0892. The maximum absolute atomic E-state index is 13.4. The van der Waals surface area contributed by atoms with Gasteiger partial charge in [0.1, 0.15) is 6.33 Å². The van der Waals surface area contributed by atoms with Crippen LogP contribution in [0.4, 0.5) is 0 Å². The van der Waals surface area contributed by atoms with Gasteiger partial charge in [-0.15, -0.1) is 11.3 Å². The van der Waals surface area contributed by atoms with E-state index >= 15 is 0 Å². The Morgan fingerprint density at radius 3 is 2.79 bits per heavy atom. The van der Waals surface area contributed by atoms with Gasteiger partial charge in [0.2, 0.25) is 0 Å². The summed E-state index contributed by atoms with van der Waals surface area (Å²) < 4.78 is 2.97. The van der Waals surface area contributed by atoms with Gasteiger partial charge < -0.3 is 19.9 Å². The second-order valence-electron chi connectivity index (χ2n) is 9.57. The average Bonchev–Trinajstić information content (AvgIpc) is 3.53. The fraction of sp³-hybridized carbons (Fsp3) is 0.480. The number of piperidine rings is 1. The Morgan fingerprint density at radius 2 is 2.09 bits per heavy atom. The first-order valence-electron chi connectivity index (χ1n) is 11.9. The van der Waals surface area contributed by atoms with E-state index in [0.29, 0.717) is 12.5 Å². The van der Waals surface area contributed by atoms with E-state index in [-0.39, 0.29) is 18.6 Å². The van der Waals surface area contributed by atoms with Crippen LogP contribution in [0, 0.1) is 6.92 Å². The number of hydrogen-bond donors (Lipinski definition) is 2. The first-order valence-corrected chi connectivity index (χ1v) is 12.7. The van der Waals surface area contributed by atoms with E-state index in [9.17, 15) is 4.79 Å². The summed E-state index contributed by atoms with van der Waals surface area (Å²) in [6, 6.07) is 4.39. The monoisotopic (exact) mass is 480 g/mol. The SMILES string of the molecule is Cc1cc(-c2[nH]c3cc(C(=O)N(C)C4CCN(CCO)CC4)sc3c2C(C)C)cn2ncnc12. The molecule has 34 heavy (non-hydrogen) atoms. The molecule has 0 atom stereocenters. The molecule has 0 spiro atoms. The highest BCUT2D eigenvalue weighted by Crippen LogP contribution is 2.40. The zero-order valence-electron chi connectivity index (χ0n) is 20.2. The third-order valence-electron chi connectivity index (χ3n) is 6.98. The van der Waals surface area contributed by atoms with Gasteiger partial charge in [0.15, 0.2) is 5.65 Å². The van der Waals surface area contributed by atoms with Crippen molar-refractivity contribution in [3.05, 3.63) is 40.7 Å². The number of carbonyl (C=O) groups is 1. The van der Waals surface area contributed by atoms with Crippen molar-refractivity contribution in [3.63, 3.8) is 0 Å². The lowest BCUT2D eigenvalue weighted by atomic mass is 9.99. The molecule has 1 aliphatic heterocycles. The van der Waals surface area contributed by atoms with Gasteiger partial charge in [0.05, 0.1) is 27.4 Å². The van der Waals surface area contributed by atoms with Gasteiger partial charge in [0.25, 0.3) is 5.91 Å². The Morgan fingerprint density at radius 1 is 1.32 bits per heavy atom. The van der Waals surface area contributed by atoms with Crippen LogP contribution < -0.4 is 0 Å². The number of nitrogens with one attached hydrogen (secondary N) is 1. The summed E-state index contributed by atoms with van der Waals surface area (Å²) in [6.45, 7) is 9.18. The summed E-state index contributed by atoms with van der Waals surface area (Å²) in [6.07, 6.45) is 5.47. The molecule has 2 N–H and O–H groups in total. The van der Waals surface area contributed by atoms with E-state index in [1.165, 1.54) is 5.56 Å². The Balaban J connectivity index is 1.44. The van der Waals surface area contributed by atoms with Crippen LogP contribution in [0.3, 0.4) is 0 Å². The highest BCUT2D eigenvalue weighted by Gasteiger charge is 2.28. The van der Waals surface area contributed by atoms with Gasteiger partial charge in [-0.2, -0.15) is 5.10 Å². The van der Waals surface area contributed by atoms with Crippen molar-refractivity contribution in [1.82, 2.24) is 29.4 Å². The molecule has 180 valence electrons. The number of aliphatic hydroxyl groups excluding tert-OH is 1. The molecule has 0 bridgehead atoms. The minimum Gasteiger partial charge on any atom is -0.395 e. The van der Waals surface area contributed by atoms with Crippen LogP contribution in [0.15, 0.2) is 24.7 Å². The number of fused-ring (bicyclic) bond motifs is 2. The number of aryl methyl sites for hydroxylation is 1. The van der Waals surface area contributed by atoms with Crippen LogP contribution >= 0.6 is 11.3 Å². The molecule has 0 radical (unpaired) electrons. The smallest absolute Gasteiger partial charge is 0.264 e. The molecule has 9 heteroatoms. The summed E-state index contributed by atoms with van der Waals surface area (Å²) in [5, 5.41) is 13.5. The molecule has 8 nitrogen and oxygen atoms in total. The number of pyridine rings is 1. The van der Waals surface area contributed by atoms with Crippen LogP contribution in [0.25, 0.3) is 27.1 Å². The predicted octanol–water partition coefficient (Wildman–Crippen LogP) is 3.90. The normalized spacial score (nSPS) is 15.7. The molecular weight excluding hydrogens is 448 g/mol. The standard InChI is InChI=1S/C25H32N6O2S/c1-15(2)21-22(17-11-16(3)24-26-14-27-31(24)13-17)28-19-12-20(34-23(19)21)25(33)29(4)18-5-7-30(8-6-18)9-10-32/h11-15,18,28,32H,5-10H2,1-4H3. The molecule has 1 aliphatic rings. The summed E-state index contributed by atoms with van der Waals surface area (Å²) in [5.41, 5.74) is 6.33. The summed E-state index contributed by atoms with van der Waals surface area (Å²) >= 11 is 1.59. The lowest BCUT2D eigenvalue weighted by Gasteiger charge is -2.36. The molecule has 1 fully saturated rings. The van der Waals surface area contributed by atoms with Crippen molar-refractivity contribution in [2.45, 2.75) is 45.6 Å². The maximum Gasteiger partial charge on any atom is 0.264 e.